The fraction of sp³-hybridized carbons (Fsp3) is 0.438. The number of benzene rings is 1. The number of fused-ring (bicyclic) bond motifs is 3. The van der Waals surface area contributed by atoms with E-state index in [2.05, 4.69) is 0 Å². The molecule has 5 heteroatoms. The highest BCUT2D eigenvalue weighted by molar-refractivity contribution is 7.93. The fourth-order valence-corrected chi connectivity index (χ4v) is 6.28. The highest BCUT2D eigenvalue weighted by Crippen LogP contribution is 2.42. The Morgan fingerprint density at radius 1 is 1.10 bits per heavy atom. The summed E-state index contributed by atoms with van der Waals surface area (Å²) in [7, 11) is -2.98. The molecule has 0 radical (unpaired) electrons. The van der Waals surface area contributed by atoms with E-state index in [4.69, 9.17) is 4.42 Å². The van der Waals surface area contributed by atoms with Gasteiger partial charge in [-0.3, -0.25) is 4.79 Å². The van der Waals surface area contributed by atoms with Crippen molar-refractivity contribution in [1.82, 2.24) is 0 Å². The third kappa shape index (κ3) is 1.87. The maximum Gasteiger partial charge on any atom is 0.169 e. The van der Waals surface area contributed by atoms with Crippen LogP contribution in [0.2, 0.25) is 0 Å². The number of Topliss-reactive ketones (excluding diaryl/α,β-unsaturated/α-hetero) is 1. The zero-order valence-electron chi connectivity index (χ0n) is 11.5. The van der Waals surface area contributed by atoms with E-state index in [-0.39, 0.29) is 22.2 Å². The molecule has 0 saturated carbocycles. The maximum atomic E-state index is 12.7. The summed E-state index contributed by atoms with van der Waals surface area (Å²) in [6.45, 7) is 0. The summed E-state index contributed by atoms with van der Waals surface area (Å²) in [6.07, 6.45) is 3.87. The molecule has 2 aliphatic heterocycles. The molecule has 2 aromatic rings. The number of ketones is 1. The fourth-order valence-electron chi connectivity index (χ4n) is 3.81. The van der Waals surface area contributed by atoms with Crippen LogP contribution < -0.4 is 0 Å². The van der Waals surface area contributed by atoms with E-state index in [1.165, 1.54) is 6.26 Å². The van der Waals surface area contributed by atoms with Crippen LogP contribution in [0.25, 0.3) is 11.0 Å². The van der Waals surface area contributed by atoms with Crippen LogP contribution in [0.3, 0.4) is 0 Å². The van der Waals surface area contributed by atoms with Gasteiger partial charge in [-0.1, -0.05) is 18.2 Å². The van der Waals surface area contributed by atoms with E-state index in [1.54, 1.807) is 0 Å². The Hall–Kier alpha value is -1.62. The molecule has 21 heavy (non-hydrogen) atoms. The molecule has 2 unspecified atom stereocenters. The lowest BCUT2D eigenvalue weighted by Crippen LogP contribution is -2.36. The van der Waals surface area contributed by atoms with E-state index >= 15 is 0 Å². The molecule has 1 aromatic heterocycles. The second-order valence-electron chi connectivity index (χ2n) is 6.09. The van der Waals surface area contributed by atoms with Gasteiger partial charge in [0, 0.05) is 11.3 Å². The summed E-state index contributed by atoms with van der Waals surface area (Å²) < 4.78 is 29.7. The Kier molecular flexibility index (Phi) is 2.76. The number of furan rings is 1. The molecule has 2 bridgehead atoms. The topological polar surface area (TPSA) is 64.3 Å². The molecule has 2 aliphatic rings. The van der Waals surface area contributed by atoms with Crippen LogP contribution >= 0.6 is 0 Å². The number of carbonyl (C=O) groups excluding carboxylic acids is 1. The second-order valence-corrected chi connectivity index (χ2v) is 8.60. The Labute approximate surface area is 123 Å². The quantitative estimate of drug-likeness (QED) is 0.800. The lowest BCUT2D eigenvalue weighted by molar-refractivity contribution is 0.0906. The number of rotatable bonds is 2. The van der Waals surface area contributed by atoms with Crippen LogP contribution in [0.15, 0.2) is 34.9 Å². The normalized spacial score (nSPS) is 30.6. The first-order chi connectivity index (χ1) is 10.1. The van der Waals surface area contributed by atoms with Gasteiger partial charge in [-0.2, -0.15) is 0 Å². The Morgan fingerprint density at radius 2 is 1.76 bits per heavy atom. The van der Waals surface area contributed by atoms with Crippen molar-refractivity contribution in [1.29, 1.82) is 0 Å². The molecule has 0 spiro atoms. The minimum atomic E-state index is -2.98. The minimum absolute atomic E-state index is 0.0340. The Morgan fingerprint density at radius 3 is 2.48 bits per heavy atom. The lowest BCUT2D eigenvalue weighted by Gasteiger charge is -2.26. The average Bonchev–Trinajstić information content (AvgIpc) is 2.90. The van der Waals surface area contributed by atoms with Crippen LogP contribution in [0.5, 0.6) is 0 Å². The van der Waals surface area contributed by atoms with Crippen molar-refractivity contribution in [3.8, 4) is 0 Å². The van der Waals surface area contributed by atoms with Crippen LogP contribution in [-0.4, -0.2) is 24.7 Å². The predicted octanol–water partition coefficient (Wildman–Crippen LogP) is 2.97. The first-order valence-electron chi connectivity index (χ1n) is 7.30. The van der Waals surface area contributed by atoms with Crippen molar-refractivity contribution in [2.75, 3.05) is 0 Å². The van der Waals surface area contributed by atoms with E-state index < -0.39 is 9.84 Å². The number of para-hydroxylation sites is 1. The molecule has 1 aromatic carbocycles. The van der Waals surface area contributed by atoms with Gasteiger partial charge >= 0.3 is 0 Å². The highest BCUT2D eigenvalue weighted by Gasteiger charge is 2.48. The van der Waals surface area contributed by atoms with E-state index in [0.717, 1.165) is 5.39 Å². The largest absolute Gasteiger partial charge is 0.464 e. The summed E-state index contributed by atoms with van der Waals surface area (Å²) in [5.41, 5.74) is 1.29. The highest BCUT2D eigenvalue weighted by atomic mass is 32.2. The smallest absolute Gasteiger partial charge is 0.169 e. The van der Waals surface area contributed by atoms with Crippen molar-refractivity contribution in [2.45, 2.75) is 36.2 Å². The van der Waals surface area contributed by atoms with Gasteiger partial charge in [0.2, 0.25) is 0 Å². The van der Waals surface area contributed by atoms with Crippen molar-refractivity contribution < 1.29 is 17.6 Å². The number of carbonyl (C=O) groups is 1. The van der Waals surface area contributed by atoms with Crippen molar-refractivity contribution in [3.63, 3.8) is 0 Å². The number of hydrogen-bond acceptors (Lipinski definition) is 4. The van der Waals surface area contributed by atoms with Crippen LogP contribution in [0.1, 0.15) is 36.0 Å². The molecule has 2 fully saturated rings. The molecule has 3 heterocycles. The molecule has 0 aliphatic carbocycles. The number of hydrogen-bond donors (Lipinski definition) is 0. The lowest BCUT2D eigenvalue weighted by atomic mass is 9.90. The predicted molar refractivity (Wildman–Crippen MR) is 79.0 cm³/mol. The second kappa shape index (κ2) is 4.44. The SMILES string of the molecule is O=C(c1coc2ccccc12)C1CC2CCC(C1)S2(=O)=O. The third-order valence-corrected chi connectivity index (χ3v) is 7.67. The number of sulfone groups is 1. The Balaban J connectivity index is 1.68. The van der Waals surface area contributed by atoms with Crippen LogP contribution in [0, 0.1) is 5.92 Å². The summed E-state index contributed by atoms with van der Waals surface area (Å²) in [5, 5.41) is 0.190. The van der Waals surface area contributed by atoms with E-state index in [0.29, 0.717) is 36.8 Å². The first kappa shape index (κ1) is 13.1. The molecule has 4 nitrogen and oxygen atoms in total. The average molecular weight is 304 g/mol. The van der Waals surface area contributed by atoms with Gasteiger partial charge in [0.1, 0.15) is 11.8 Å². The molecular weight excluding hydrogens is 288 g/mol. The first-order valence-corrected chi connectivity index (χ1v) is 8.91. The summed E-state index contributed by atoms with van der Waals surface area (Å²) in [4.78, 5) is 12.7. The molecule has 0 amide bonds. The minimum Gasteiger partial charge on any atom is -0.464 e. The van der Waals surface area contributed by atoms with Crippen LogP contribution in [0.4, 0.5) is 0 Å². The van der Waals surface area contributed by atoms with Crippen molar-refractivity contribution in [2.24, 2.45) is 5.92 Å². The van der Waals surface area contributed by atoms with Gasteiger partial charge in [0.15, 0.2) is 15.6 Å². The molecule has 110 valence electrons. The molecule has 0 N–H and O–H groups in total. The zero-order valence-corrected chi connectivity index (χ0v) is 12.3. The molecule has 2 saturated heterocycles. The van der Waals surface area contributed by atoms with Gasteiger partial charge in [0.25, 0.3) is 0 Å². The van der Waals surface area contributed by atoms with Gasteiger partial charge in [0.05, 0.1) is 16.1 Å². The molecule has 2 atom stereocenters. The molecular formula is C16H16O4S. The Bertz CT molecular complexity index is 798. The molecule has 4 rings (SSSR count). The third-order valence-electron chi connectivity index (χ3n) is 4.95. The maximum absolute atomic E-state index is 12.7. The van der Waals surface area contributed by atoms with E-state index in [9.17, 15) is 13.2 Å². The van der Waals surface area contributed by atoms with Gasteiger partial charge in [-0.15, -0.1) is 0 Å². The summed E-state index contributed by atoms with van der Waals surface area (Å²) in [5.74, 6) is -0.154. The summed E-state index contributed by atoms with van der Waals surface area (Å²) >= 11 is 0. The van der Waals surface area contributed by atoms with Gasteiger partial charge in [-0.05, 0) is 31.7 Å². The van der Waals surface area contributed by atoms with Gasteiger partial charge < -0.3 is 4.42 Å². The standard InChI is InChI=1S/C16H16O4S/c17-16(14-9-20-15-4-2-1-3-13(14)15)10-7-11-5-6-12(8-10)21(11,18)19/h1-4,9-12H,5-8H2. The van der Waals surface area contributed by atoms with Crippen LogP contribution in [-0.2, 0) is 9.84 Å². The summed E-state index contributed by atoms with van der Waals surface area (Å²) in [6, 6.07) is 7.46. The van der Waals surface area contributed by atoms with Crippen molar-refractivity contribution >= 4 is 26.6 Å². The van der Waals surface area contributed by atoms with E-state index in [1.807, 2.05) is 24.3 Å². The zero-order chi connectivity index (χ0) is 14.6. The monoisotopic (exact) mass is 304 g/mol. The van der Waals surface area contributed by atoms with Crippen molar-refractivity contribution in [3.05, 3.63) is 36.1 Å². The van der Waals surface area contributed by atoms with Gasteiger partial charge in [-0.25, -0.2) is 8.42 Å².